The fraction of sp³-hybridized carbons (Fsp3) is 0.400. The maximum atomic E-state index is 11.8. The van der Waals surface area contributed by atoms with E-state index >= 15 is 0 Å². The van der Waals surface area contributed by atoms with E-state index in [-0.39, 0.29) is 12.0 Å². The molecule has 1 aromatic carbocycles. The van der Waals surface area contributed by atoms with E-state index < -0.39 is 0 Å². The van der Waals surface area contributed by atoms with Gasteiger partial charge in [0.15, 0.2) is 0 Å². The molecule has 1 saturated heterocycles. The Morgan fingerprint density at radius 1 is 1.21 bits per heavy atom. The molecule has 0 N–H and O–H groups in total. The predicted octanol–water partition coefficient (Wildman–Crippen LogP) is 3.08. The van der Waals surface area contributed by atoms with Gasteiger partial charge in [-0.2, -0.15) is 0 Å². The zero-order valence-corrected chi connectivity index (χ0v) is 14.1. The zero-order valence-electron chi connectivity index (χ0n) is 14.1. The number of aromatic nitrogens is 1. The highest BCUT2D eigenvalue weighted by atomic mass is 16.5. The normalized spacial score (nSPS) is 20.8. The van der Waals surface area contributed by atoms with Gasteiger partial charge in [-0.1, -0.05) is 36.4 Å². The predicted molar refractivity (Wildman–Crippen MR) is 93.3 cm³/mol. The van der Waals surface area contributed by atoms with E-state index in [1.807, 2.05) is 29.2 Å². The molecule has 0 spiro atoms. The fourth-order valence-electron chi connectivity index (χ4n) is 3.30. The van der Waals surface area contributed by atoms with Gasteiger partial charge in [0.2, 0.25) is 5.91 Å². The standard InChI is InChI=1S/C20H24N2O2/c1-16(23)22-12-10-20(24-15-19-9-5-6-11-21-19)18(14-22)13-17-7-3-2-4-8-17/h2-9,11,18,20H,10,12-15H2,1H3/t18-,20-/m1/s1. The first kappa shape index (κ1) is 16.7. The average molecular weight is 324 g/mol. The van der Waals surface area contributed by atoms with E-state index in [4.69, 9.17) is 4.74 Å². The van der Waals surface area contributed by atoms with Gasteiger partial charge in [0, 0.05) is 32.1 Å². The maximum Gasteiger partial charge on any atom is 0.219 e. The summed E-state index contributed by atoms with van der Waals surface area (Å²) in [6, 6.07) is 16.3. The van der Waals surface area contributed by atoms with Gasteiger partial charge >= 0.3 is 0 Å². The number of carbonyl (C=O) groups is 1. The van der Waals surface area contributed by atoms with Crippen LogP contribution in [0.4, 0.5) is 0 Å². The molecule has 0 unspecified atom stereocenters. The molecule has 24 heavy (non-hydrogen) atoms. The molecule has 126 valence electrons. The molecule has 2 heterocycles. The Labute approximate surface area is 143 Å². The highest BCUT2D eigenvalue weighted by Gasteiger charge is 2.31. The molecule has 0 bridgehead atoms. The Morgan fingerprint density at radius 2 is 2.00 bits per heavy atom. The minimum Gasteiger partial charge on any atom is -0.371 e. The van der Waals surface area contributed by atoms with Crippen LogP contribution in [0.3, 0.4) is 0 Å². The molecule has 3 rings (SSSR count). The van der Waals surface area contributed by atoms with E-state index in [1.54, 1.807) is 13.1 Å². The summed E-state index contributed by atoms with van der Waals surface area (Å²) in [6.45, 7) is 3.70. The molecule has 0 radical (unpaired) electrons. The quantitative estimate of drug-likeness (QED) is 0.849. The maximum absolute atomic E-state index is 11.8. The number of carbonyl (C=O) groups excluding carboxylic acids is 1. The third-order valence-corrected chi connectivity index (χ3v) is 4.62. The SMILES string of the molecule is CC(=O)N1CC[C@@H](OCc2ccccn2)[C@H](Cc2ccccc2)C1. The highest BCUT2D eigenvalue weighted by Crippen LogP contribution is 2.25. The van der Waals surface area contributed by atoms with Crippen molar-refractivity contribution in [3.8, 4) is 0 Å². The van der Waals surface area contributed by atoms with E-state index in [1.165, 1.54) is 5.56 Å². The van der Waals surface area contributed by atoms with Crippen LogP contribution >= 0.6 is 0 Å². The van der Waals surface area contributed by atoms with Crippen LogP contribution < -0.4 is 0 Å². The Hall–Kier alpha value is -2.20. The van der Waals surface area contributed by atoms with E-state index in [9.17, 15) is 4.79 Å². The molecule has 0 aliphatic carbocycles. The minimum atomic E-state index is 0.149. The summed E-state index contributed by atoms with van der Waals surface area (Å²) >= 11 is 0. The molecule has 1 amide bonds. The minimum absolute atomic E-state index is 0.149. The topological polar surface area (TPSA) is 42.4 Å². The fourth-order valence-corrected chi connectivity index (χ4v) is 3.30. The van der Waals surface area contributed by atoms with Crippen LogP contribution in [-0.4, -0.2) is 35.0 Å². The third kappa shape index (κ3) is 4.42. The first-order valence-corrected chi connectivity index (χ1v) is 8.53. The Kier molecular flexibility index (Phi) is 5.59. The van der Waals surface area contributed by atoms with Crippen molar-refractivity contribution in [3.63, 3.8) is 0 Å². The van der Waals surface area contributed by atoms with Crippen molar-refractivity contribution in [2.75, 3.05) is 13.1 Å². The molecule has 2 atom stereocenters. The number of nitrogens with zero attached hydrogens (tertiary/aromatic N) is 2. The summed E-state index contributed by atoms with van der Waals surface area (Å²) in [5, 5.41) is 0. The van der Waals surface area contributed by atoms with Gasteiger partial charge in [-0.25, -0.2) is 0 Å². The number of benzene rings is 1. The van der Waals surface area contributed by atoms with Crippen LogP contribution in [0.25, 0.3) is 0 Å². The lowest BCUT2D eigenvalue weighted by molar-refractivity contribution is -0.134. The molecule has 0 saturated carbocycles. The summed E-state index contributed by atoms with van der Waals surface area (Å²) in [5.41, 5.74) is 2.24. The first-order valence-electron chi connectivity index (χ1n) is 8.53. The molecule has 1 aliphatic heterocycles. The van der Waals surface area contributed by atoms with Gasteiger partial charge in [-0.3, -0.25) is 9.78 Å². The van der Waals surface area contributed by atoms with Crippen LogP contribution in [0, 0.1) is 5.92 Å². The van der Waals surface area contributed by atoms with Gasteiger partial charge < -0.3 is 9.64 Å². The van der Waals surface area contributed by atoms with Crippen LogP contribution in [-0.2, 0) is 22.6 Å². The monoisotopic (exact) mass is 324 g/mol. The molecule has 2 aromatic rings. The second-order valence-corrected chi connectivity index (χ2v) is 6.37. The van der Waals surface area contributed by atoms with Gasteiger partial charge in [0.25, 0.3) is 0 Å². The van der Waals surface area contributed by atoms with Crippen molar-refractivity contribution in [2.45, 2.75) is 32.5 Å². The Morgan fingerprint density at radius 3 is 2.71 bits per heavy atom. The van der Waals surface area contributed by atoms with E-state index in [2.05, 4.69) is 29.2 Å². The summed E-state index contributed by atoms with van der Waals surface area (Å²) in [4.78, 5) is 18.0. The van der Waals surface area contributed by atoms with Crippen molar-refractivity contribution in [2.24, 2.45) is 5.92 Å². The third-order valence-electron chi connectivity index (χ3n) is 4.62. The number of hydrogen-bond donors (Lipinski definition) is 0. The smallest absolute Gasteiger partial charge is 0.219 e. The summed E-state index contributed by atoms with van der Waals surface area (Å²) < 4.78 is 6.18. The van der Waals surface area contributed by atoms with E-state index in [0.717, 1.165) is 31.6 Å². The first-order chi connectivity index (χ1) is 11.7. The Balaban J connectivity index is 1.66. The van der Waals surface area contributed by atoms with Crippen LogP contribution in [0.15, 0.2) is 54.7 Å². The van der Waals surface area contributed by atoms with Crippen LogP contribution in [0.1, 0.15) is 24.6 Å². The number of hydrogen-bond acceptors (Lipinski definition) is 3. The number of ether oxygens (including phenoxy) is 1. The van der Waals surface area contributed by atoms with Crippen LogP contribution in [0.2, 0.25) is 0 Å². The van der Waals surface area contributed by atoms with Crippen molar-refractivity contribution in [1.29, 1.82) is 0 Å². The van der Waals surface area contributed by atoms with E-state index in [0.29, 0.717) is 12.5 Å². The molecule has 1 aromatic heterocycles. The molecule has 4 nitrogen and oxygen atoms in total. The summed E-state index contributed by atoms with van der Waals surface area (Å²) in [7, 11) is 0. The molecular formula is C20H24N2O2. The average Bonchev–Trinajstić information content (AvgIpc) is 2.62. The van der Waals surface area contributed by atoms with Gasteiger partial charge in [-0.15, -0.1) is 0 Å². The summed E-state index contributed by atoms with van der Waals surface area (Å²) in [5.74, 6) is 0.463. The molecule has 1 fully saturated rings. The number of amides is 1. The van der Waals surface area contributed by atoms with Crippen molar-refractivity contribution < 1.29 is 9.53 Å². The number of likely N-dealkylation sites (tertiary alicyclic amines) is 1. The van der Waals surface area contributed by atoms with Gasteiger partial charge in [-0.05, 0) is 30.5 Å². The molecule has 4 heteroatoms. The lowest BCUT2D eigenvalue weighted by Gasteiger charge is -2.38. The zero-order chi connectivity index (χ0) is 16.8. The second kappa shape index (κ2) is 8.06. The van der Waals surface area contributed by atoms with Gasteiger partial charge in [0.1, 0.15) is 0 Å². The number of pyridine rings is 1. The van der Waals surface area contributed by atoms with Crippen LogP contribution in [0.5, 0.6) is 0 Å². The van der Waals surface area contributed by atoms with Gasteiger partial charge in [0.05, 0.1) is 18.4 Å². The lowest BCUT2D eigenvalue weighted by Crippen LogP contribution is -2.46. The summed E-state index contributed by atoms with van der Waals surface area (Å²) in [6.07, 6.45) is 3.75. The lowest BCUT2D eigenvalue weighted by atomic mass is 9.88. The second-order valence-electron chi connectivity index (χ2n) is 6.37. The largest absolute Gasteiger partial charge is 0.371 e. The van der Waals surface area contributed by atoms with Crippen molar-refractivity contribution in [3.05, 3.63) is 66.0 Å². The molecule has 1 aliphatic rings. The van der Waals surface area contributed by atoms with Crippen molar-refractivity contribution in [1.82, 2.24) is 9.88 Å². The number of piperidine rings is 1. The molecular weight excluding hydrogens is 300 g/mol. The highest BCUT2D eigenvalue weighted by molar-refractivity contribution is 5.73. The number of rotatable bonds is 5. The van der Waals surface area contributed by atoms with Crippen molar-refractivity contribution >= 4 is 5.91 Å². The Bertz CT molecular complexity index is 645.